The molecule has 5 nitrogen and oxygen atoms in total. The fourth-order valence-electron chi connectivity index (χ4n) is 1.43. The fraction of sp³-hybridized carbons (Fsp3) is 0.778. The minimum Gasteiger partial charge on any atom is -0.344 e. The first-order valence-corrected chi connectivity index (χ1v) is 6.22. The Balaban J connectivity index is 1.82. The standard InChI is InChI=1S/C9H16N4OS/c1-13(2)9-11-8(14-12-9)5-10-7-3-4-15-6-7/h7,10H,3-6H2,1-2H3/t7-/m1/s1. The van der Waals surface area contributed by atoms with Gasteiger partial charge in [0.2, 0.25) is 5.89 Å². The summed E-state index contributed by atoms with van der Waals surface area (Å²) in [6.07, 6.45) is 1.24. The summed E-state index contributed by atoms with van der Waals surface area (Å²) in [6.45, 7) is 0.673. The van der Waals surface area contributed by atoms with Crippen molar-refractivity contribution in [1.29, 1.82) is 0 Å². The van der Waals surface area contributed by atoms with Gasteiger partial charge in [-0.2, -0.15) is 16.7 Å². The van der Waals surface area contributed by atoms with E-state index in [1.54, 1.807) is 0 Å². The summed E-state index contributed by atoms with van der Waals surface area (Å²) < 4.78 is 5.11. The average Bonchev–Trinajstić information content (AvgIpc) is 2.86. The van der Waals surface area contributed by atoms with Crippen LogP contribution >= 0.6 is 11.8 Å². The molecule has 0 unspecified atom stereocenters. The third-order valence-electron chi connectivity index (χ3n) is 2.33. The second kappa shape index (κ2) is 4.85. The zero-order valence-corrected chi connectivity index (χ0v) is 9.88. The second-order valence-corrected chi connectivity index (χ2v) is 4.97. The highest BCUT2D eigenvalue weighted by Crippen LogP contribution is 2.17. The van der Waals surface area contributed by atoms with Crippen molar-refractivity contribution in [3.63, 3.8) is 0 Å². The van der Waals surface area contributed by atoms with Gasteiger partial charge in [0.05, 0.1) is 6.54 Å². The van der Waals surface area contributed by atoms with E-state index in [0.29, 0.717) is 24.4 Å². The van der Waals surface area contributed by atoms with E-state index in [0.717, 1.165) is 0 Å². The number of nitrogens with zero attached hydrogens (tertiary/aromatic N) is 3. The quantitative estimate of drug-likeness (QED) is 0.820. The van der Waals surface area contributed by atoms with Gasteiger partial charge in [-0.1, -0.05) is 0 Å². The summed E-state index contributed by atoms with van der Waals surface area (Å²) in [7, 11) is 3.80. The lowest BCUT2D eigenvalue weighted by Crippen LogP contribution is -2.28. The van der Waals surface area contributed by atoms with Gasteiger partial charge in [0.25, 0.3) is 5.95 Å². The van der Waals surface area contributed by atoms with E-state index in [2.05, 4.69) is 15.5 Å². The highest BCUT2D eigenvalue weighted by atomic mass is 32.2. The van der Waals surface area contributed by atoms with E-state index < -0.39 is 0 Å². The third kappa shape index (κ3) is 2.85. The first kappa shape index (κ1) is 10.8. The van der Waals surface area contributed by atoms with Crippen LogP contribution in [0.1, 0.15) is 12.3 Å². The Kier molecular flexibility index (Phi) is 3.48. The number of rotatable bonds is 4. The Hall–Kier alpha value is -0.750. The van der Waals surface area contributed by atoms with Gasteiger partial charge in [-0.15, -0.1) is 0 Å². The van der Waals surface area contributed by atoms with Crippen molar-refractivity contribution in [2.45, 2.75) is 19.0 Å². The van der Waals surface area contributed by atoms with Crippen molar-refractivity contribution in [3.05, 3.63) is 5.89 Å². The molecule has 1 aromatic rings. The molecule has 0 aromatic carbocycles. The molecule has 2 rings (SSSR count). The molecule has 0 bridgehead atoms. The van der Waals surface area contributed by atoms with Crippen LogP contribution in [-0.2, 0) is 6.54 Å². The van der Waals surface area contributed by atoms with E-state index in [-0.39, 0.29) is 0 Å². The first-order chi connectivity index (χ1) is 7.25. The van der Waals surface area contributed by atoms with Gasteiger partial charge in [0.1, 0.15) is 0 Å². The van der Waals surface area contributed by atoms with E-state index in [1.807, 2.05) is 30.8 Å². The highest BCUT2D eigenvalue weighted by molar-refractivity contribution is 7.99. The molecule has 0 saturated carbocycles. The van der Waals surface area contributed by atoms with Crippen LogP contribution in [0, 0.1) is 0 Å². The van der Waals surface area contributed by atoms with Crippen molar-refractivity contribution in [2.24, 2.45) is 0 Å². The van der Waals surface area contributed by atoms with Crippen LogP contribution in [-0.4, -0.2) is 41.8 Å². The number of hydrogen-bond donors (Lipinski definition) is 1. The van der Waals surface area contributed by atoms with Crippen molar-refractivity contribution >= 4 is 17.7 Å². The number of thioether (sulfide) groups is 1. The molecular formula is C9H16N4OS. The third-order valence-corrected chi connectivity index (χ3v) is 3.49. The molecule has 2 heterocycles. The molecule has 15 heavy (non-hydrogen) atoms. The van der Waals surface area contributed by atoms with E-state index in [4.69, 9.17) is 4.52 Å². The molecule has 0 aliphatic carbocycles. The van der Waals surface area contributed by atoms with Crippen LogP contribution in [0.3, 0.4) is 0 Å². The summed E-state index contributed by atoms with van der Waals surface area (Å²) in [4.78, 5) is 6.08. The van der Waals surface area contributed by atoms with E-state index >= 15 is 0 Å². The number of anilines is 1. The smallest absolute Gasteiger partial charge is 0.265 e. The average molecular weight is 228 g/mol. The van der Waals surface area contributed by atoms with Crippen LogP contribution in [0.15, 0.2) is 4.52 Å². The number of nitrogens with one attached hydrogen (secondary N) is 1. The lowest BCUT2D eigenvalue weighted by Gasteiger charge is -2.07. The van der Waals surface area contributed by atoms with Crippen molar-refractivity contribution < 1.29 is 4.52 Å². The van der Waals surface area contributed by atoms with Crippen molar-refractivity contribution in [3.8, 4) is 0 Å². The topological polar surface area (TPSA) is 54.2 Å². The molecule has 0 spiro atoms. The molecule has 1 atom stereocenters. The Morgan fingerprint density at radius 1 is 1.60 bits per heavy atom. The molecule has 84 valence electrons. The number of hydrogen-bond acceptors (Lipinski definition) is 6. The van der Waals surface area contributed by atoms with E-state index in [1.165, 1.54) is 17.9 Å². The van der Waals surface area contributed by atoms with Crippen LogP contribution in [0.5, 0.6) is 0 Å². The second-order valence-electron chi connectivity index (χ2n) is 3.82. The first-order valence-electron chi connectivity index (χ1n) is 5.07. The van der Waals surface area contributed by atoms with Gasteiger partial charge < -0.3 is 14.7 Å². The Labute approximate surface area is 93.6 Å². The Morgan fingerprint density at radius 3 is 3.07 bits per heavy atom. The highest BCUT2D eigenvalue weighted by Gasteiger charge is 2.16. The van der Waals surface area contributed by atoms with Gasteiger partial charge in [-0.05, 0) is 17.3 Å². The summed E-state index contributed by atoms with van der Waals surface area (Å²) >= 11 is 1.99. The summed E-state index contributed by atoms with van der Waals surface area (Å²) in [5.74, 6) is 3.74. The fourth-order valence-corrected chi connectivity index (χ4v) is 2.61. The van der Waals surface area contributed by atoms with Crippen LogP contribution < -0.4 is 10.2 Å². The molecule has 0 amide bonds. The predicted molar refractivity (Wildman–Crippen MR) is 61.2 cm³/mol. The summed E-state index contributed by atoms with van der Waals surface area (Å²) in [5, 5.41) is 7.27. The molecule has 1 aliphatic rings. The van der Waals surface area contributed by atoms with Crippen LogP contribution in [0.4, 0.5) is 5.95 Å². The molecule has 1 saturated heterocycles. The lowest BCUT2D eigenvalue weighted by atomic mass is 10.3. The molecule has 6 heteroatoms. The molecule has 1 aromatic heterocycles. The van der Waals surface area contributed by atoms with Gasteiger partial charge in [0.15, 0.2) is 0 Å². The lowest BCUT2D eigenvalue weighted by molar-refractivity contribution is 0.359. The van der Waals surface area contributed by atoms with Gasteiger partial charge in [-0.3, -0.25) is 0 Å². The van der Waals surface area contributed by atoms with Crippen LogP contribution in [0.2, 0.25) is 0 Å². The largest absolute Gasteiger partial charge is 0.344 e. The molecule has 0 radical (unpaired) electrons. The molecular weight excluding hydrogens is 212 g/mol. The summed E-state index contributed by atoms with van der Waals surface area (Å²) in [6, 6.07) is 0.602. The normalized spacial score (nSPS) is 20.8. The van der Waals surface area contributed by atoms with E-state index in [9.17, 15) is 0 Å². The SMILES string of the molecule is CN(C)c1noc(CN[C@@H]2CCSC2)n1. The predicted octanol–water partition coefficient (Wildman–Crippen LogP) is 0.731. The Morgan fingerprint density at radius 2 is 2.47 bits per heavy atom. The molecule has 1 fully saturated rings. The van der Waals surface area contributed by atoms with Gasteiger partial charge >= 0.3 is 0 Å². The maximum atomic E-state index is 5.11. The van der Waals surface area contributed by atoms with Crippen LogP contribution in [0.25, 0.3) is 0 Å². The minimum atomic E-state index is 0.602. The zero-order chi connectivity index (χ0) is 10.7. The molecule has 1 aliphatic heterocycles. The van der Waals surface area contributed by atoms with Crippen molar-refractivity contribution in [2.75, 3.05) is 30.5 Å². The van der Waals surface area contributed by atoms with Gasteiger partial charge in [0, 0.05) is 25.9 Å². The maximum Gasteiger partial charge on any atom is 0.265 e. The maximum absolute atomic E-state index is 5.11. The zero-order valence-electron chi connectivity index (χ0n) is 9.06. The summed E-state index contributed by atoms with van der Waals surface area (Å²) in [5.41, 5.74) is 0. The number of aromatic nitrogens is 2. The van der Waals surface area contributed by atoms with Gasteiger partial charge in [-0.25, -0.2) is 0 Å². The monoisotopic (exact) mass is 228 g/mol. The molecule has 1 N–H and O–H groups in total. The van der Waals surface area contributed by atoms with Crippen molar-refractivity contribution in [1.82, 2.24) is 15.5 Å². The Bertz CT molecular complexity index is 309. The minimum absolute atomic E-state index is 0.602.